The fourth-order valence-corrected chi connectivity index (χ4v) is 6.34. The number of pyridine rings is 1. The summed E-state index contributed by atoms with van der Waals surface area (Å²) < 4.78 is 42.8. The zero-order valence-electron chi connectivity index (χ0n) is 16.2. The van der Waals surface area contributed by atoms with Crippen molar-refractivity contribution in [3.05, 3.63) is 35.2 Å². The van der Waals surface area contributed by atoms with Crippen molar-refractivity contribution in [3.8, 4) is 0 Å². The number of carbonyl (C=O) groups excluding carboxylic acids is 1. The number of nitrogens with one attached hydrogen (secondary N) is 2. The number of alkyl halides is 1. The first kappa shape index (κ1) is 18.9. The second-order valence-electron chi connectivity index (χ2n) is 8.64. The van der Waals surface area contributed by atoms with Crippen LogP contribution in [-0.4, -0.2) is 37.6 Å². The molecule has 29 heavy (non-hydrogen) atoms. The molecule has 6 nitrogen and oxygen atoms in total. The van der Waals surface area contributed by atoms with Gasteiger partial charge in [-0.15, -0.1) is 0 Å². The minimum atomic E-state index is -3.83. The van der Waals surface area contributed by atoms with Gasteiger partial charge < -0.3 is 5.32 Å². The van der Waals surface area contributed by atoms with Gasteiger partial charge in [-0.1, -0.05) is 0 Å². The summed E-state index contributed by atoms with van der Waals surface area (Å²) in [6.45, 7) is 1.47. The van der Waals surface area contributed by atoms with E-state index in [2.05, 4.69) is 15.0 Å². The maximum absolute atomic E-state index is 13.4. The van der Waals surface area contributed by atoms with Crippen LogP contribution in [0.15, 0.2) is 23.2 Å². The Morgan fingerprint density at radius 3 is 2.59 bits per heavy atom. The third kappa shape index (κ3) is 3.53. The average molecular weight is 418 g/mol. The van der Waals surface area contributed by atoms with E-state index in [1.54, 1.807) is 6.20 Å². The number of hydrogen-bond acceptors (Lipinski definition) is 4. The summed E-state index contributed by atoms with van der Waals surface area (Å²) >= 11 is 0. The number of nitrogens with zero attached hydrogens (tertiary/aromatic N) is 1. The van der Waals surface area contributed by atoms with Crippen molar-refractivity contribution < 1.29 is 17.6 Å². The van der Waals surface area contributed by atoms with Crippen molar-refractivity contribution in [2.45, 2.75) is 74.5 Å². The number of fused-ring (bicyclic) bond motifs is 2. The van der Waals surface area contributed by atoms with E-state index < -0.39 is 16.2 Å². The third-order valence-electron chi connectivity index (χ3n) is 6.18. The number of amides is 1. The van der Waals surface area contributed by atoms with Crippen molar-refractivity contribution in [2.24, 2.45) is 0 Å². The molecule has 154 valence electrons. The van der Waals surface area contributed by atoms with Gasteiger partial charge in [0.1, 0.15) is 6.17 Å². The normalized spacial score (nSPS) is 26.2. The molecule has 0 spiro atoms. The molecule has 2 aromatic rings. The molecular formula is C21H24FN3O3S. The second-order valence-corrected chi connectivity index (χ2v) is 10.3. The first-order chi connectivity index (χ1) is 13.8. The molecule has 1 aromatic heterocycles. The highest BCUT2D eigenvalue weighted by Gasteiger charge is 2.37. The fraction of sp³-hybridized carbons (Fsp3) is 0.524. The second kappa shape index (κ2) is 6.74. The van der Waals surface area contributed by atoms with E-state index in [0.29, 0.717) is 24.1 Å². The fourth-order valence-electron chi connectivity index (χ4n) is 4.59. The van der Waals surface area contributed by atoms with Crippen LogP contribution >= 0.6 is 0 Å². The van der Waals surface area contributed by atoms with Crippen LogP contribution in [0.3, 0.4) is 0 Å². The first-order valence-electron chi connectivity index (χ1n) is 10.2. The Morgan fingerprint density at radius 2 is 1.93 bits per heavy atom. The number of sulfonamides is 1. The van der Waals surface area contributed by atoms with E-state index in [0.717, 1.165) is 35.0 Å². The number of carbonyl (C=O) groups is 1. The van der Waals surface area contributed by atoms with Crippen LogP contribution in [-0.2, 0) is 27.7 Å². The van der Waals surface area contributed by atoms with Gasteiger partial charge in [0, 0.05) is 47.6 Å². The minimum Gasteiger partial charge on any atom is -0.353 e. The van der Waals surface area contributed by atoms with Crippen molar-refractivity contribution in [1.29, 1.82) is 0 Å². The first-order valence-corrected chi connectivity index (χ1v) is 11.7. The highest BCUT2D eigenvalue weighted by atomic mass is 32.2. The van der Waals surface area contributed by atoms with Gasteiger partial charge in [0.2, 0.25) is 15.9 Å². The van der Waals surface area contributed by atoms with Crippen molar-refractivity contribution in [1.82, 2.24) is 15.0 Å². The maximum atomic E-state index is 13.4. The predicted octanol–water partition coefficient (Wildman–Crippen LogP) is 2.49. The molecule has 5 rings (SSSR count). The van der Waals surface area contributed by atoms with E-state index >= 15 is 0 Å². The van der Waals surface area contributed by atoms with E-state index in [4.69, 9.17) is 0 Å². The summed E-state index contributed by atoms with van der Waals surface area (Å²) in [4.78, 5) is 16.4. The van der Waals surface area contributed by atoms with Crippen LogP contribution in [0.5, 0.6) is 0 Å². The van der Waals surface area contributed by atoms with Gasteiger partial charge in [-0.2, -0.15) is 0 Å². The number of rotatable bonds is 5. The summed E-state index contributed by atoms with van der Waals surface area (Å²) in [5, 5.41) is 4.37. The molecule has 3 aliphatic carbocycles. The van der Waals surface area contributed by atoms with Crippen molar-refractivity contribution in [3.63, 3.8) is 0 Å². The van der Waals surface area contributed by atoms with Gasteiger partial charge >= 0.3 is 0 Å². The summed E-state index contributed by atoms with van der Waals surface area (Å²) in [6, 6.07) is 3.42. The van der Waals surface area contributed by atoms with Crippen LogP contribution in [0, 0.1) is 0 Å². The molecule has 0 aliphatic heterocycles. The van der Waals surface area contributed by atoms with Crippen LogP contribution in [0.4, 0.5) is 4.39 Å². The lowest BCUT2D eigenvalue weighted by Gasteiger charge is -2.30. The SMILES string of the molecule is CC(=O)N[C@@H]1Cc2cc3cnc(C4CC4)cc3c(S(=O)(=O)NC3CC(F)C3)c2C1. The molecule has 0 radical (unpaired) electrons. The Morgan fingerprint density at radius 1 is 1.17 bits per heavy atom. The molecule has 0 bridgehead atoms. The van der Waals surface area contributed by atoms with Crippen LogP contribution < -0.4 is 10.0 Å². The smallest absolute Gasteiger partial charge is 0.241 e. The zero-order valence-corrected chi connectivity index (χ0v) is 17.1. The van der Waals surface area contributed by atoms with Crippen LogP contribution in [0.25, 0.3) is 10.8 Å². The Bertz CT molecular complexity index is 1110. The van der Waals surface area contributed by atoms with Gasteiger partial charge in [-0.25, -0.2) is 17.5 Å². The number of hydrogen-bond donors (Lipinski definition) is 2. The predicted molar refractivity (Wildman–Crippen MR) is 107 cm³/mol. The topological polar surface area (TPSA) is 88.2 Å². The maximum Gasteiger partial charge on any atom is 0.241 e. The van der Waals surface area contributed by atoms with Gasteiger partial charge in [0.05, 0.1) is 4.90 Å². The Kier molecular flexibility index (Phi) is 4.40. The molecular weight excluding hydrogens is 393 g/mol. The Hall–Kier alpha value is -2.06. The number of aromatic nitrogens is 1. The lowest BCUT2D eigenvalue weighted by Crippen LogP contribution is -2.45. The van der Waals surface area contributed by atoms with Crippen LogP contribution in [0.2, 0.25) is 0 Å². The molecule has 8 heteroatoms. The van der Waals surface area contributed by atoms with E-state index in [1.807, 2.05) is 12.1 Å². The van der Waals surface area contributed by atoms with Crippen molar-refractivity contribution in [2.75, 3.05) is 0 Å². The summed E-state index contributed by atoms with van der Waals surface area (Å²) in [5.41, 5.74) is 2.61. The third-order valence-corrected chi connectivity index (χ3v) is 7.83. The molecule has 1 aromatic carbocycles. The van der Waals surface area contributed by atoms with Gasteiger partial charge in [0.25, 0.3) is 0 Å². The van der Waals surface area contributed by atoms with Gasteiger partial charge in [-0.3, -0.25) is 9.78 Å². The number of halogens is 1. The molecule has 2 fully saturated rings. The summed E-state index contributed by atoms with van der Waals surface area (Å²) in [6.07, 6.45) is 4.48. The van der Waals surface area contributed by atoms with E-state index in [1.165, 1.54) is 6.92 Å². The Labute approximate surface area is 169 Å². The van der Waals surface area contributed by atoms with E-state index in [-0.39, 0.29) is 35.7 Å². The molecule has 1 amide bonds. The van der Waals surface area contributed by atoms with Crippen LogP contribution in [0.1, 0.15) is 55.3 Å². The molecule has 1 heterocycles. The molecule has 1 atom stereocenters. The highest BCUT2D eigenvalue weighted by Crippen LogP contribution is 2.42. The quantitative estimate of drug-likeness (QED) is 0.782. The van der Waals surface area contributed by atoms with Gasteiger partial charge in [-0.05, 0) is 61.8 Å². The Balaban J connectivity index is 1.63. The lowest BCUT2D eigenvalue weighted by atomic mass is 9.92. The summed E-state index contributed by atoms with van der Waals surface area (Å²) in [7, 11) is -3.83. The molecule has 2 N–H and O–H groups in total. The van der Waals surface area contributed by atoms with Gasteiger partial charge in [0.15, 0.2) is 0 Å². The monoisotopic (exact) mass is 417 g/mol. The highest BCUT2D eigenvalue weighted by molar-refractivity contribution is 7.89. The average Bonchev–Trinajstić information content (AvgIpc) is 3.38. The molecule has 0 unspecified atom stereocenters. The molecule has 0 saturated heterocycles. The number of benzene rings is 1. The minimum absolute atomic E-state index is 0.122. The van der Waals surface area contributed by atoms with E-state index in [9.17, 15) is 17.6 Å². The summed E-state index contributed by atoms with van der Waals surface area (Å²) in [5.74, 6) is 0.276. The molecule has 2 saturated carbocycles. The zero-order chi connectivity index (χ0) is 20.3. The molecule has 3 aliphatic rings. The lowest BCUT2D eigenvalue weighted by molar-refractivity contribution is -0.119. The van der Waals surface area contributed by atoms with Crippen molar-refractivity contribution >= 4 is 26.7 Å². The largest absolute Gasteiger partial charge is 0.353 e. The standard InChI is InChI=1S/C21H24FN3O3S/c1-11(26)24-16-5-13-4-14-10-23-20(12-2-3-12)9-19(14)21(18(13)8-16)29(27,28)25-17-6-15(22)7-17/h4,9-10,12,15-17,25H,2-3,5-8H2,1H3,(H,24,26)/t15?,16-,17?/m1/s1.